The molecule has 1 atom stereocenters. The zero-order valence-corrected chi connectivity index (χ0v) is 6.77. The summed E-state index contributed by atoms with van der Waals surface area (Å²) in [5.41, 5.74) is 0. The van der Waals surface area contributed by atoms with Crippen LogP contribution in [0.2, 0.25) is 0 Å². The molecule has 0 aliphatic carbocycles. The Labute approximate surface area is 73.8 Å². The second-order valence-corrected chi connectivity index (χ2v) is 2.84. The maximum Gasteiger partial charge on any atom is 0.334 e. The van der Waals surface area contributed by atoms with Crippen molar-refractivity contribution in [2.24, 2.45) is 0 Å². The SMILES string of the molecule is O=C1CC(=O)N(C[C@H](O)C(=O)O)C1. The lowest BCUT2D eigenvalue weighted by molar-refractivity contribution is -0.148. The number of carboxylic acid groups (broad SMARTS) is 1. The Hall–Kier alpha value is -1.43. The maximum atomic E-state index is 10.9. The number of aliphatic hydroxyl groups is 1. The molecule has 0 aromatic carbocycles. The molecule has 0 spiro atoms. The van der Waals surface area contributed by atoms with Gasteiger partial charge in [0.1, 0.15) is 0 Å². The van der Waals surface area contributed by atoms with Crippen LogP contribution in [0.3, 0.4) is 0 Å². The molecular formula is C7H9NO5. The van der Waals surface area contributed by atoms with E-state index in [-0.39, 0.29) is 25.3 Å². The molecule has 6 heteroatoms. The van der Waals surface area contributed by atoms with E-state index in [2.05, 4.69) is 0 Å². The van der Waals surface area contributed by atoms with Gasteiger partial charge in [0.15, 0.2) is 11.9 Å². The minimum atomic E-state index is -1.62. The molecule has 0 radical (unpaired) electrons. The fourth-order valence-electron chi connectivity index (χ4n) is 1.09. The number of carbonyl (C=O) groups is 3. The van der Waals surface area contributed by atoms with E-state index in [0.717, 1.165) is 4.90 Å². The Balaban J connectivity index is 2.50. The zero-order chi connectivity index (χ0) is 10.0. The van der Waals surface area contributed by atoms with Crippen molar-refractivity contribution in [3.05, 3.63) is 0 Å². The van der Waals surface area contributed by atoms with Gasteiger partial charge >= 0.3 is 5.97 Å². The van der Waals surface area contributed by atoms with Gasteiger partial charge in [0.25, 0.3) is 0 Å². The van der Waals surface area contributed by atoms with Gasteiger partial charge in [0.2, 0.25) is 5.91 Å². The van der Waals surface area contributed by atoms with Crippen LogP contribution in [0.5, 0.6) is 0 Å². The van der Waals surface area contributed by atoms with Gasteiger partial charge in [0, 0.05) is 0 Å². The third-order valence-electron chi connectivity index (χ3n) is 1.75. The molecule has 1 aliphatic heterocycles. The number of rotatable bonds is 3. The first-order valence-electron chi connectivity index (χ1n) is 3.71. The van der Waals surface area contributed by atoms with Crippen LogP contribution < -0.4 is 0 Å². The molecule has 1 fully saturated rings. The van der Waals surface area contributed by atoms with Crippen LogP contribution in [0, 0.1) is 0 Å². The average Bonchev–Trinajstić information content (AvgIpc) is 2.30. The zero-order valence-electron chi connectivity index (χ0n) is 6.77. The first kappa shape index (κ1) is 9.66. The van der Waals surface area contributed by atoms with Crippen molar-refractivity contribution in [1.82, 2.24) is 4.90 Å². The Morgan fingerprint density at radius 2 is 2.15 bits per heavy atom. The highest BCUT2D eigenvalue weighted by atomic mass is 16.4. The molecule has 1 heterocycles. The number of likely N-dealkylation sites (tertiary alicyclic amines) is 1. The fourth-order valence-corrected chi connectivity index (χ4v) is 1.09. The molecule has 0 aromatic rings. The predicted molar refractivity (Wildman–Crippen MR) is 39.8 cm³/mol. The van der Waals surface area contributed by atoms with E-state index < -0.39 is 18.0 Å². The van der Waals surface area contributed by atoms with E-state index in [1.165, 1.54) is 0 Å². The molecular weight excluding hydrogens is 178 g/mol. The highest BCUT2D eigenvalue weighted by Gasteiger charge is 2.30. The molecule has 72 valence electrons. The number of carbonyl (C=O) groups excluding carboxylic acids is 2. The summed E-state index contributed by atoms with van der Waals surface area (Å²) in [5.74, 6) is -2.07. The Morgan fingerprint density at radius 1 is 1.54 bits per heavy atom. The van der Waals surface area contributed by atoms with Crippen molar-refractivity contribution >= 4 is 17.7 Å². The monoisotopic (exact) mass is 187 g/mol. The quantitative estimate of drug-likeness (QED) is 0.510. The summed E-state index contributed by atoms with van der Waals surface area (Å²) >= 11 is 0. The van der Waals surface area contributed by atoms with Crippen molar-refractivity contribution in [3.63, 3.8) is 0 Å². The van der Waals surface area contributed by atoms with Gasteiger partial charge in [-0.25, -0.2) is 4.79 Å². The third-order valence-corrected chi connectivity index (χ3v) is 1.75. The highest BCUT2D eigenvalue weighted by molar-refractivity contribution is 6.05. The average molecular weight is 187 g/mol. The van der Waals surface area contributed by atoms with Crippen LogP contribution >= 0.6 is 0 Å². The van der Waals surface area contributed by atoms with Gasteiger partial charge in [-0.05, 0) is 0 Å². The van der Waals surface area contributed by atoms with E-state index in [4.69, 9.17) is 10.2 Å². The van der Waals surface area contributed by atoms with Crippen molar-refractivity contribution in [2.75, 3.05) is 13.1 Å². The molecule has 13 heavy (non-hydrogen) atoms. The predicted octanol–water partition coefficient (Wildman–Crippen LogP) is -1.77. The van der Waals surface area contributed by atoms with Gasteiger partial charge < -0.3 is 15.1 Å². The number of carboxylic acids is 1. The molecule has 0 aromatic heterocycles. The summed E-state index contributed by atoms with van der Waals surface area (Å²) in [7, 11) is 0. The van der Waals surface area contributed by atoms with Gasteiger partial charge in [-0.3, -0.25) is 9.59 Å². The van der Waals surface area contributed by atoms with Gasteiger partial charge in [0.05, 0.1) is 19.5 Å². The number of hydrogen-bond donors (Lipinski definition) is 2. The summed E-state index contributed by atoms with van der Waals surface area (Å²) in [5, 5.41) is 17.2. The highest BCUT2D eigenvalue weighted by Crippen LogP contribution is 2.06. The van der Waals surface area contributed by atoms with E-state index >= 15 is 0 Å². The van der Waals surface area contributed by atoms with Crippen LogP contribution in [-0.2, 0) is 14.4 Å². The smallest absolute Gasteiger partial charge is 0.334 e. The van der Waals surface area contributed by atoms with Crippen LogP contribution in [0.1, 0.15) is 6.42 Å². The van der Waals surface area contributed by atoms with Crippen molar-refractivity contribution in [1.29, 1.82) is 0 Å². The Kier molecular flexibility index (Phi) is 2.62. The van der Waals surface area contributed by atoms with Crippen LogP contribution in [0.15, 0.2) is 0 Å². The summed E-state index contributed by atoms with van der Waals surface area (Å²) < 4.78 is 0. The fraction of sp³-hybridized carbons (Fsp3) is 0.571. The summed E-state index contributed by atoms with van der Waals surface area (Å²) in [4.78, 5) is 32.9. The minimum Gasteiger partial charge on any atom is -0.479 e. The molecule has 1 saturated heterocycles. The number of aliphatic carboxylic acids is 1. The topological polar surface area (TPSA) is 94.9 Å². The number of amides is 1. The van der Waals surface area contributed by atoms with Crippen LogP contribution in [-0.4, -0.2) is 52.0 Å². The molecule has 0 bridgehead atoms. The molecule has 0 unspecified atom stereocenters. The number of β-amino-alcohol motifs (C(OH)–C–C–N with tert-alkyl or cyclic N) is 1. The molecule has 2 N–H and O–H groups in total. The Bertz CT molecular complexity index is 262. The van der Waals surface area contributed by atoms with E-state index in [1.54, 1.807) is 0 Å². The first-order chi connectivity index (χ1) is 6.00. The van der Waals surface area contributed by atoms with Gasteiger partial charge in [-0.15, -0.1) is 0 Å². The minimum absolute atomic E-state index is 0.0941. The molecule has 0 saturated carbocycles. The number of ketones is 1. The summed E-state index contributed by atoms with van der Waals surface area (Å²) in [6.45, 7) is -0.414. The molecule has 6 nitrogen and oxygen atoms in total. The first-order valence-corrected chi connectivity index (χ1v) is 3.71. The second-order valence-electron chi connectivity index (χ2n) is 2.84. The van der Waals surface area contributed by atoms with Gasteiger partial charge in [-0.1, -0.05) is 0 Å². The molecule has 1 amide bonds. The normalized spacial score (nSPS) is 19.3. The lowest BCUT2D eigenvalue weighted by Gasteiger charge is -2.15. The van der Waals surface area contributed by atoms with Crippen molar-refractivity contribution < 1.29 is 24.6 Å². The summed E-state index contributed by atoms with van der Waals surface area (Å²) in [6.07, 6.45) is -1.80. The van der Waals surface area contributed by atoms with E-state index in [9.17, 15) is 14.4 Å². The Morgan fingerprint density at radius 3 is 2.54 bits per heavy atom. The standard InChI is InChI=1S/C7H9NO5/c9-4-1-6(11)8(2-4)3-5(10)7(12)13/h5,10H,1-3H2,(H,12,13)/t5-/m0/s1. The number of hydrogen-bond acceptors (Lipinski definition) is 4. The van der Waals surface area contributed by atoms with Crippen molar-refractivity contribution in [2.45, 2.75) is 12.5 Å². The van der Waals surface area contributed by atoms with Crippen LogP contribution in [0.25, 0.3) is 0 Å². The third kappa shape index (κ3) is 2.25. The number of aliphatic hydroxyl groups excluding tert-OH is 1. The van der Waals surface area contributed by atoms with Crippen LogP contribution in [0.4, 0.5) is 0 Å². The largest absolute Gasteiger partial charge is 0.479 e. The van der Waals surface area contributed by atoms with E-state index in [0.29, 0.717) is 0 Å². The summed E-state index contributed by atoms with van der Waals surface area (Å²) in [6, 6.07) is 0. The number of Topliss-reactive ketones (excluding diaryl/α,β-unsaturated/α-hetero) is 1. The number of nitrogens with zero attached hydrogens (tertiary/aromatic N) is 1. The molecule has 1 aliphatic rings. The lowest BCUT2D eigenvalue weighted by atomic mass is 10.3. The maximum absolute atomic E-state index is 10.9. The lowest BCUT2D eigenvalue weighted by Crippen LogP contribution is -2.37. The molecule has 1 rings (SSSR count). The van der Waals surface area contributed by atoms with Gasteiger partial charge in [-0.2, -0.15) is 0 Å². The second kappa shape index (κ2) is 3.53. The van der Waals surface area contributed by atoms with E-state index in [1.807, 2.05) is 0 Å². The van der Waals surface area contributed by atoms with Crippen molar-refractivity contribution in [3.8, 4) is 0 Å².